The molecule has 170 valence electrons. The summed E-state index contributed by atoms with van der Waals surface area (Å²) in [6.07, 6.45) is 4.01. The van der Waals surface area contributed by atoms with Crippen LogP contribution in [0.25, 0.3) is 11.1 Å². The van der Waals surface area contributed by atoms with Crippen LogP contribution in [-0.2, 0) is 19.1 Å². The monoisotopic (exact) mass is 443 g/mol. The highest BCUT2D eigenvalue weighted by atomic mass is 16.6. The highest BCUT2D eigenvalue weighted by Crippen LogP contribution is 2.43. The normalized spacial score (nSPS) is 22.8. The second-order valence-corrected chi connectivity index (χ2v) is 8.99. The Morgan fingerprint density at radius 1 is 1.03 bits per heavy atom. The van der Waals surface area contributed by atoms with Crippen molar-refractivity contribution in [3.05, 3.63) is 82.7 Å². The molecule has 2 atom stereocenters. The summed E-state index contributed by atoms with van der Waals surface area (Å²) in [6.45, 7) is 2.86. The lowest BCUT2D eigenvalue weighted by molar-refractivity contribution is -0.142. The lowest BCUT2D eigenvalue weighted by Crippen LogP contribution is -2.35. The van der Waals surface area contributed by atoms with Crippen LogP contribution in [0.5, 0.6) is 0 Å². The Hall–Kier alpha value is -3.18. The van der Waals surface area contributed by atoms with Crippen molar-refractivity contribution in [2.45, 2.75) is 51.0 Å². The van der Waals surface area contributed by atoms with Gasteiger partial charge in [-0.1, -0.05) is 54.6 Å². The molecule has 0 amide bonds. The molecule has 0 spiro atoms. The zero-order valence-corrected chi connectivity index (χ0v) is 18.9. The van der Waals surface area contributed by atoms with Crippen LogP contribution in [0.15, 0.2) is 77.1 Å². The predicted octanol–water partition coefficient (Wildman–Crippen LogP) is 5.04. The summed E-state index contributed by atoms with van der Waals surface area (Å²) in [5, 5.41) is 3.35. The minimum absolute atomic E-state index is 0.0406. The lowest BCUT2D eigenvalue weighted by atomic mass is 9.75. The number of dihydropyridines is 1. The van der Waals surface area contributed by atoms with Crippen LogP contribution in [-0.4, -0.2) is 31.1 Å². The number of nitrogens with one attached hydrogen (secondary N) is 1. The fourth-order valence-electron chi connectivity index (χ4n) is 5.11. The van der Waals surface area contributed by atoms with Gasteiger partial charge in [-0.3, -0.25) is 4.79 Å². The molecule has 33 heavy (non-hydrogen) atoms. The first-order valence-electron chi connectivity index (χ1n) is 11.8. The van der Waals surface area contributed by atoms with E-state index >= 15 is 0 Å². The summed E-state index contributed by atoms with van der Waals surface area (Å²) < 4.78 is 11.3. The van der Waals surface area contributed by atoms with Crippen molar-refractivity contribution < 1.29 is 19.1 Å². The Labute approximate surface area is 194 Å². The van der Waals surface area contributed by atoms with Crippen LogP contribution >= 0.6 is 0 Å². The van der Waals surface area contributed by atoms with Gasteiger partial charge in [-0.05, 0) is 49.3 Å². The summed E-state index contributed by atoms with van der Waals surface area (Å²) in [5.74, 6) is -0.689. The van der Waals surface area contributed by atoms with Gasteiger partial charge in [0.05, 0.1) is 11.7 Å². The van der Waals surface area contributed by atoms with Crippen molar-refractivity contribution in [2.24, 2.45) is 0 Å². The molecule has 0 radical (unpaired) electrons. The Morgan fingerprint density at radius 2 is 1.79 bits per heavy atom. The van der Waals surface area contributed by atoms with Gasteiger partial charge >= 0.3 is 5.97 Å². The summed E-state index contributed by atoms with van der Waals surface area (Å²) in [7, 11) is 0. The maximum absolute atomic E-state index is 13.3. The van der Waals surface area contributed by atoms with Gasteiger partial charge in [0, 0.05) is 35.9 Å². The van der Waals surface area contributed by atoms with Crippen LogP contribution in [0, 0.1) is 0 Å². The summed E-state index contributed by atoms with van der Waals surface area (Å²) in [4.78, 5) is 26.4. The molecule has 1 fully saturated rings. The van der Waals surface area contributed by atoms with Crippen molar-refractivity contribution >= 4 is 11.8 Å². The first-order valence-corrected chi connectivity index (χ1v) is 11.8. The molecule has 2 aromatic carbocycles. The maximum atomic E-state index is 13.3. The van der Waals surface area contributed by atoms with E-state index in [9.17, 15) is 9.59 Å². The van der Waals surface area contributed by atoms with Crippen molar-refractivity contribution in [1.82, 2.24) is 5.32 Å². The Bertz CT molecular complexity index is 1110. The third kappa shape index (κ3) is 4.38. The van der Waals surface area contributed by atoms with E-state index in [4.69, 9.17) is 9.47 Å². The van der Waals surface area contributed by atoms with Crippen LogP contribution in [0.1, 0.15) is 50.5 Å². The number of carbonyl (C=O) groups is 2. The van der Waals surface area contributed by atoms with Crippen LogP contribution in [0.4, 0.5) is 0 Å². The molecule has 0 aromatic heterocycles. The van der Waals surface area contributed by atoms with Gasteiger partial charge in [0.2, 0.25) is 0 Å². The number of hydrogen-bond donors (Lipinski definition) is 1. The van der Waals surface area contributed by atoms with E-state index < -0.39 is 5.92 Å². The molecule has 1 N–H and O–H groups in total. The molecule has 0 saturated carbocycles. The van der Waals surface area contributed by atoms with Gasteiger partial charge < -0.3 is 14.8 Å². The largest absolute Gasteiger partial charge is 0.459 e. The highest BCUT2D eigenvalue weighted by Gasteiger charge is 2.39. The Balaban J connectivity index is 1.49. The fraction of sp³-hybridized carbons (Fsp3) is 0.357. The molecule has 0 unspecified atom stereocenters. The molecule has 2 aliphatic heterocycles. The van der Waals surface area contributed by atoms with Gasteiger partial charge in [0.25, 0.3) is 0 Å². The Morgan fingerprint density at radius 3 is 2.52 bits per heavy atom. The molecule has 0 bridgehead atoms. The quantitative estimate of drug-likeness (QED) is 0.656. The van der Waals surface area contributed by atoms with Crippen LogP contribution in [0.2, 0.25) is 0 Å². The number of benzene rings is 2. The first kappa shape index (κ1) is 21.7. The topological polar surface area (TPSA) is 64.6 Å². The highest BCUT2D eigenvalue weighted by molar-refractivity contribution is 6.03. The van der Waals surface area contributed by atoms with E-state index in [-0.39, 0.29) is 24.5 Å². The summed E-state index contributed by atoms with van der Waals surface area (Å²) >= 11 is 0. The first-order chi connectivity index (χ1) is 16.1. The minimum Gasteiger partial charge on any atom is -0.459 e. The van der Waals surface area contributed by atoms with Crippen molar-refractivity contribution in [3.8, 4) is 11.1 Å². The van der Waals surface area contributed by atoms with Crippen molar-refractivity contribution in [3.63, 3.8) is 0 Å². The number of ether oxygens (including phenoxy) is 2. The molecular weight excluding hydrogens is 414 g/mol. The van der Waals surface area contributed by atoms with E-state index in [2.05, 4.69) is 29.6 Å². The number of rotatable bonds is 5. The van der Waals surface area contributed by atoms with Gasteiger partial charge in [0.1, 0.15) is 6.61 Å². The van der Waals surface area contributed by atoms with E-state index in [0.29, 0.717) is 24.2 Å². The number of ketones is 1. The number of Topliss-reactive ketones (excluding diaryl/α,β-unsaturated/α-hetero) is 1. The lowest BCUT2D eigenvalue weighted by Gasteiger charge is -2.34. The van der Waals surface area contributed by atoms with Crippen molar-refractivity contribution in [1.29, 1.82) is 0 Å². The van der Waals surface area contributed by atoms with E-state index in [1.165, 1.54) is 0 Å². The predicted molar refractivity (Wildman–Crippen MR) is 126 cm³/mol. The third-order valence-electron chi connectivity index (χ3n) is 6.77. The second-order valence-electron chi connectivity index (χ2n) is 8.99. The minimum atomic E-state index is -0.420. The van der Waals surface area contributed by atoms with Gasteiger partial charge in [-0.2, -0.15) is 0 Å². The van der Waals surface area contributed by atoms with Gasteiger partial charge in [-0.15, -0.1) is 0 Å². The standard InChI is InChI=1S/C28H29NO4/c1-18-25(28(31)33-17-22-9-6-16-32-22)26(27-23(29-18)10-5-11-24(27)30)21-14-12-20(13-15-21)19-7-3-2-4-8-19/h2-4,7-8,12-15,22,26,29H,5-6,9-11,16-17H2,1H3/t22-,26+/m1/s1. The molecule has 5 nitrogen and oxygen atoms in total. The number of esters is 1. The molecule has 5 rings (SSSR count). The summed E-state index contributed by atoms with van der Waals surface area (Å²) in [6, 6.07) is 18.4. The Kier molecular flexibility index (Phi) is 6.14. The smallest absolute Gasteiger partial charge is 0.336 e. The van der Waals surface area contributed by atoms with Crippen LogP contribution in [0.3, 0.4) is 0 Å². The molecule has 2 aromatic rings. The maximum Gasteiger partial charge on any atom is 0.336 e. The van der Waals surface area contributed by atoms with E-state index in [0.717, 1.165) is 53.8 Å². The molecule has 2 heterocycles. The average Bonchev–Trinajstić information content (AvgIpc) is 3.36. The number of carbonyl (C=O) groups excluding carboxylic acids is 2. The average molecular weight is 444 g/mol. The van der Waals surface area contributed by atoms with E-state index in [1.807, 2.05) is 37.3 Å². The third-order valence-corrected chi connectivity index (χ3v) is 6.77. The number of hydrogen-bond acceptors (Lipinski definition) is 5. The number of allylic oxidation sites excluding steroid dienone is 3. The van der Waals surface area contributed by atoms with E-state index in [1.54, 1.807) is 0 Å². The zero-order chi connectivity index (χ0) is 22.8. The second kappa shape index (κ2) is 9.36. The molecular formula is C28H29NO4. The molecule has 1 aliphatic carbocycles. The summed E-state index contributed by atoms with van der Waals surface area (Å²) in [5.41, 5.74) is 6.10. The van der Waals surface area contributed by atoms with Gasteiger partial charge in [0.15, 0.2) is 5.78 Å². The zero-order valence-electron chi connectivity index (χ0n) is 18.9. The molecule has 1 saturated heterocycles. The van der Waals surface area contributed by atoms with Crippen molar-refractivity contribution in [2.75, 3.05) is 13.2 Å². The molecule has 3 aliphatic rings. The van der Waals surface area contributed by atoms with Gasteiger partial charge in [-0.25, -0.2) is 4.79 Å². The molecule has 5 heteroatoms. The van der Waals surface area contributed by atoms with Crippen LogP contribution < -0.4 is 5.32 Å². The fourth-order valence-corrected chi connectivity index (χ4v) is 5.11. The SMILES string of the molecule is CC1=C(C(=O)OC[C@H]2CCCO2)[C@H](c2ccc(-c3ccccc3)cc2)C2=C(CCCC2=O)N1.